The summed E-state index contributed by atoms with van der Waals surface area (Å²) < 4.78 is 0. The summed E-state index contributed by atoms with van der Waals surface area (Å²) in [5.74, 6) is 0. The number of aliphatic hydroxyl groups excluding tert-OH is 1. The molecule has 0 aliphatic carbocycles. The van der Waals surface area contributed by atoms with Crippen molar-refractivity contribution in [2.75, 3.05) is 23.4 Å². The molecule has 0 amide bonds. The third kappa shape index (κ3) is 3.20. The van der Waals surface area contributed by atoms with Crippen LogP contribution >= 0.6 is 11.6 Å². The van der Waals surface area contributed by atoms with Crippen molar-refractivity contribution in [3.63, 3.8) is 0 Å². The molecule has 0 unspecified atom stereocenters. The van der Waals surface area contributed by atoms with Gasteiger partial charge in [0.1, 0.15) is 0 Å². The molecular formula is C20H21ClN4O. The molecule has 1 atom stereocenters. The van der Waals surface area contributed by atoms with Crippen LogP contribution in [0.15, 0.2) is 42.6 Å². The Balaban J connectivity index is 1.74. The lowest BCUT2D eigenvalue weighted by Gasteiger charge is -2.27. The fraction of sp³-hybridized carbons (Fsp3) is 0.300. The first kappa shape index (κ1) is 17.1. The van der Waals surface area contributed by atoms with Crippen molar-refractivity contribution in [3.05, 3.63) is 53.4 Å². The number of aliphatic hydroxyl groups is 1. The largest absolute Gasteiger partial charge is 0.394 e. The molecule has 26 heavy (non-hydrogen) atoms. The number of nitrogens with one attached hydrogen (secondary N) is 1. The first-order valence-corrected chi connectivity index (χ1v) is 9.20. The van der Waals surface area contributed by atoms with Crippen LogP contribution in [0.3, 0.4) is 0 Å². The number of halogens is 1. The highest BCUT2D eigenvalue weighted by atomic mass is 35.5. The first-order chi connectivity index (χ1) is 12.7. The number of fused-ring (bicyclic) bond motifs is 1. The fourth-order valence-electron chi connectivity index (χ4n) is 3.63. The standard InChI is InChI=1S/C20H21ClN4O/c1-13-10-19(25-9-3-4-15(25)12-26)16-7-6-14(11-18(16)23-13)24-17-5-2-8-22-20(17)21/h2,5-8,10-11,15,24,26H,3-4,9,12H2,1H3/t15-/m0/s1. The number of benzene rings is 1. The quantitative estimate of drug-likeness (QED) is 0.672. The molecule has 1 fully saturated rings. The second-order valence-corrected chi connectivity index (χ2v) is 7.01. The van der Waals surface area contributed by atoms with Crippen LogP contribution in [0.5, 0.6) is 0 Å². The molecule has 1 saturated heterocycles. The van der Waals surface area contributed by atoms with E-state index in [2.05, 4.69) is 27.3 Å². The van der Waals surface area contributed by atoms with Crippen LogP contribution in [0.25, 0.3) is 10.9 Å². The summed E-state index contributed by atoms with van der Waals surface area (Å²) in [6.45, 7) is 3.15. The Labute approximate surface area is 157 Å². The van der Waals surface area contributed by atoms with Crippen LogP contribution < -0.4 is 10.2 Å². The van der Waals surface area contributed by atoms with Crippen molar-refractivity contribution in [2.24, 2.45) is 0 Å². The predicted octanol–water partition coefficient (Wildman–Crippen LogP) is 4.30. The van der Waals surface area contributed by atoms with E-state index in [0.717, 1.165) is 53.0 Å². The normalized spacial score (nSPS) is 17.0. The van der Waals surface area contributed by atoms with E-state index < -0.39 is 0 Å². The molecule has 2 aromatic heterocycles. The van der Waals surface area contributed by atoms with Crippen molar-refractivity contribution in [1.29, 1.82) is 0 Å². The summed E-state index contributed by atoms with van der Waals surface area (Å²) in [7, 11) is 0. The minimum atomic E-state index is 0.183. The average molecular weight is 369 g/mol. The van der Waals surface area contributed by atoms with Gasteiger partial charge in [-0.15, -0.1) is 0 Å². The van der Waals surface area contributed by atoms with Gasteiger partial charge in [0.05, 0.1) is 23.9 Å². The van der Waals surface area contributed by atoms with Crippen molar-refractivity contribution >= 4 is 39.6 Å². The van der Waals surface area contributed by atoms with Gasteiger partial charge in [-0.1, -0.05) is 11.6 Å². The third-order valence-electron chi connectivity index (χ3n) is 4.85. The Kier molecular flexibility index (Phi) is 4.66. The molecule has 1 aliphatic heterocycles. The highest BCUT2D eigenvalue weighted by Crippen LogP contribution is 2.34. The van der Waals surface area contributed by atoms with Crippen LogP contribution in [0, 0.1) is 6.92 Å². The number of nitrogens with zero attached hydrogens (tertiary/aromatic N) is 3. The van der Waals surface area contributed by atoms with E-state index in [0.29, 0.717) is 5.15 Å². The van der Waals surface area contributed by atoms with Gasteiger partial charge >= 0.3 is 0 Å². The van der Waals surface area contributed by atoms with Gasteiger partial charge in [0.25, 0.3) is 0 Å². The van der Waals surface area contributed by atoms with E-state index in [4.69, 9.17) is 16.6 Å². The second-order valence-electron chi connectivity index (χ2n) is 6.65. The summed E-state index contributed by atoms with van der Waals surface area (Å²) in [5.41, 5.74) is 4.72. The van der Waals surface area contributed by atoms with Crippen LogP contribution in [-0.2, 0) is 0 Å². The number of pyridine rings is 2. The maximum absolute atomic E-state index is 9.69. The smallest absolute Gasteiger partial charge is 0.152 e. The lowest BCUT2D eigenvalue weighted by Crippen LogP contribution is -2.32. The van der Waals surface area contributed by atoms with Gasteiger partial charge in [0.2, 0.25) is 0 Å². The molecule has 4 rings (SSSR count). The van der Waals surface area contributed by atoms with Gasteiger partial charge in [-0.3, -0.25) is 4.98 Å². The zero-order valence-corrected chi connectivity index (χ0v) is 15.4. The number of hydrogen-bond donors (Lipinski definition) is 2. The lowest BCUT2D eigenvalue weighted by atomic mass is 10.1. The van der Waals surface area contributed by atoms with Crippen molar-refractivity contribution in [3.8, 4) is 0 Å². The van der Waals surface area contributed by atoms with Crippen LogP contribution in [0.1, 0.15) is 18.5 Å². The number of hydrogen-bond acceptors (Lipinski definition) is 5. The Morgan fingerprint density at radius 3 is 3.00 bits per heavy atom. The van der Waals surface area contributed by atoms with Gasteiger partial charge in [-0.25, -0.2) is 4.98 Å². The molecule has 3 heterocycles. The minimum absolute atomic E-state index is 0.183. The highest BCUT2D eigenvalue weighted by Gasteiger charge is 2.25. The van der Waals surface area contributed by atoms with E-state index in [1.807, 2.05) is 31.2 Å². The van der Waals surface area contributed by atoms with Gasteiger partial charge in [0.15, 0.2) is 5.15 Å². The fourth-order valence-corrected chi connectivity index (χ4v) is 3.80. The maximum atomic E-state index is 9.69. The molecule has 134 valence electrons. The molecule has 3 aromatic rings. The first-order valence-electron chi connectivity index (χ1n) is 8.82. The summed E-state index contributed by atoms with van der Waals surface area (Å²) in [6.07, 6.45) is 3.80. The van der Waals surface area contributed by atoms with Gasteiger partial charge < -0.3 is 15.3 Å². The topological polar surface area (TPSA) is 61.3 Å². The average Bonchev–Trinajstić information content (AvgIpc) is 3.11. The van der Waals surface area contributed by atoms with Crippen molar-refractivity contribution < 1.29 is 5.11 Å². The number of rotatable bonds is 4. The third-order valence-corrected chi connectivity index (χ3v) is 5.15. The van der Waals surface area contributed by atoms with Crippen LogP contribution in [0.2, 0.25) is 5.15 Å². The minimum Gasteiger partial charge on any atom is -0.394 e. The van der Waals surface area contributed by atoms with E-state index >= 15 is 0 Å². The van der Waals surface area contributed by atoms with Crippen molar-refractivity contribution in [1.82, 2.24) is 9.97 Å². The maximum Gasteiger partial charge on any atom is 0.152 e. The van der Waals surface area contributed by atoms with Gasteiger partial charge in [-0.05, 0) is 56.2 Å². The molecule has 1 aromatic carbocycles. The zero-order valence-electron chi connectivity index (χ0n) is 14.6. The van der Waals surface area contributed by atoms with Crippen LogP contribution in [0.4, 0.5) is 17.1 Å². The van der Waals surface area contributed by atoms with E-state index in [9.17, 15) is 5.11 Å². The zero-order chi connectivity index (χ0) is 18.1. The Morgan fingerprint density at radius 1 is 1.31 bits per heavy atom. The Hall–Kier alpha value is -2.37. The molecule has 0 bridgehead atoms. The molecule has 0 radical (unpaired) electrons. The summed E-state index contributed by atoms with van der Waals surface area (Å²) in [4.78, 5) is 11.1. The summed E-state index contributed by atoms with van der Waals surface area (Å²) >= 11 is 6.14. The lowest BCUT2D eigenvalue weighted by molar-refractivity contribution is 0.266. The van der Waals surface area contributed by atoms with E-state index in [1.165, 1.54) is 0 Å². The molecule has 0 spiro atoms. The number of aromatic nitrogens is 2. The molecule has 1 aliphatic rings. The SMILES string of the molecule is Cc1cc(N2CCC[C@H]2CO)c2ccc(Nc3cccnc3Cl)cc2n1. The second kappa shape index (κ2) is 7.09. The van der Waals surface area contributed by atoms with Gasteiger partial charge in [-0.2, -0.15) is 0 Å². The molecular weight excluding hydrogens is 348 g/mol. The predicted molar refractivity (Wildman–Crippen MR) is 106 cm³/mol. The summed E-state index contributed by atoms with van der Waals surface area (Å²) in [5, 5.41) is 14.5. The number of aryl methyl sites for hydroxylation is 1. The van der Waals surface area contributed by atoms with Gasteiger partial charge in [0, 0.05) is 35.2 Å². The molecule has 2 N–H and O–H groups in total. The Bertz CT molecular complexity index is 946. The van der Waals surface area contributed by atoms with E-state index in [-0.39, 0.29) is 12.6 Å². The van der Waals surface area contributed by atoms with Crippen molar-refractivity contribution in [2.45, 2.75) is 25.8 Å². The highest BCUT2D eigenvalue weighted by molar-refractivity contribution is 6.32. The monoisotopic (exact) mass is 368 g/mol. The molecule has 5 nitrogen and oxygen atoms in total. The molecule has 0 saturated carbocycles. The van der Waals surface area contributed by atoms with Crippen LogP contribution in [-0.4, -0.2) is 34.3 Å². The summed E-state index contributed by atoms with van der Waals surface area (Å²) in [6, 6.07) is 12.2. The van der Waals surface area contributed by atoms with E-state index in [1.54, 1.807) is 6.20 Å². The number of anilines is 3. The molecule has 6 heteroatoms. The Morgan fingerprint density at radius 2 is 2.19 bits per heavy atom.